The van der Waals surface area contributed by atoms with Gasteiger partial charge in [0.1, 0.15) is 5.75 Å². The summed E-state index contributed by atoms with van der Waals surface area (Å²) < 4.78 is 0. The molecule has 1 aromatic rings. The number of rotatable bonds is 2. The number of piperidine rings is 1. The van der Waals surface area contributed by atoms with Crippen molar-refractivity contribution in [3.8, 4) is 5.75 Å². The maximum Gasteiger partial charge on any atom is 0.241 e. The molecular formula is C14H21ClN2O2. The summed E-state index contributed by atoms with van der Waals surface area (Å²) in [4.78, 5) is 12.1. The van der Waals surface area contributed by atoms with Crippen LogP contribution in [0.3, 0.4) is 0 Å². The number of amides is 1. The van der Waals surface area contributed by atoms with Crippen molar-refractivity contribution in [1.82, 2.24) is 5.32 Å². The van der Waals surface area contributed by atoms with Gasteiger partial charge in [-0.25, -0.2) is 0 Å². The number of anilines is 1. The molecule has 1 heterocycles. The van der Waals surface area contributed by atoms with E-state index >= 15 is 0 Å². The van der Waals surface area contributed by atoms with Crippen molar-refractivity contribution < 1.29 is 9.90 Å². The minimum absolute atomic E-state index is 0. The summed E-state index contributed by atoms with van der Waals surface area (Å²) >= 11 is 0. The first-order valence-electron chi connectivity index (χ1n) is 6.43. The molecule has 0 aliphatic carbocycles. The van der Waals surface area contributed by atoms with Gasteiger partial charge in [-0.15, -0.1) is 12.4 Å². The molecule has 5 heteroatoms. The number of halogens is 1. The third kappa shape index (κ3) is 3.61. The lowest BCUT2D eigenvalue weighted by Gasteiger charge is -2.23. The van der Waals surface area contributed by atoms with E-state index in [1.54, 1.807) is 0 Å². The predicted octanol–water partition coefficient (Wildman–Crippen LogP) is 2.51. The SMILES string of the molecule is Cc1ccc(NC(=O)[C@@H]2CCCCN2)c(C)c1O.Cl. The molecule has 1 fully saturated rings. The number of carbonyl (C=O) groups excluding carboxylic acids is 1. The molecule has 0 saturated carbocycles. The van der Waals surface area contributed by atoms with Crippen molar-refractivity contribution in [2.45, 2.75) is 39.2 Å². The highest BCUT2D eigenvalue weighted by Crippen LogP contribution is 2.28. The molecule has 4 nitrogen and oxygen atoms in total. The number of aryl methyl sites for hydroxylation is 1. The van der Waals surface area contributed by atoms with Crippen molar-refractivity contribution in [2.24, 2.45) is 0 Å². The third-order valence-electron chi connectivity index (χ3n) is 3.52. The lowest BCUT2D eigenvalue weighted by molar-refractivity contribution is -0.118. The molecule has 1 aromatic carbocycles. The van der Waals surface area contributed by atoms with E-state index in [1.807, 2.05) is 26.0 Å². The van der Waals surface area contributed by atoms with Gasteiger partial charge >= 0.3 is 0 Å². The Balaban J connectivity index is 0.00000180. The summed E-state index contributed by atoms with van der Waals surface area (Å²) in [5.41, 5.74) is 2.23. The fourth-order valence-electron chi connectivity index (χ4n) is 2.27. The Bertz CT molecular complexity index is 457. The van der Waals surface area contributed by atoms with Crippen molar-refractivity contribution >= 4 is 24.0 Å². The van der Waals surface area contributed by atoms with Crippen molar-refractivity contribution in [1.29, 1.82) is 0 Å². The lowest BCUT2D eigenvalue weighted by atomic mass is 10.0. The zero-order valence-electron chi connectivity index (χ0n) is 11.3. The summed E-state index contributed by atoms with van der Waals surface area (Å²) in [6.45, 7) is 4.55. The second-order valence-corrected chi connectivity index (χ2v) is 4.90. The smallest absolute Gasteiger partial charge is 0.241 e. The molecule has 0 radical (unpaired) electrons. The molecule has 3 N–H and O–H groups in total. The van der Waals surface area contributed by atoms with Crippen LogP contribution < -0.4 is 10.6 Å². The summed E-state index contributed by atoms with van der Waals surface area (Å²) in [7, 11) is 0. The Kier molecular flexibility index (Phi) is 5.63. The van der Waals surface area contributed by atoms with Crippen LogP contribution in [-0.4, -0.2) is 23.6 Å². The fraction of sp³-hybridized carbons (Fsp3) is 0.500. The molecule has 1 aliphatic heterocycles. The molecule has 0 unspecified atom stereocenters. The number of nitrogens with one attached hydrogen (secondary N) is 2. The quantitative estimate of drug-likeness (QED) is 0.782. The van der Waals surface area contributed by atoms with Crippen LogP contribution in [0.15, 0.2) is 12.1 Å². The van der Waals surface area contributed by atoms with Gasteiger partial charge in [-0.1, -0.05) is 12.5 Å². The van der Waals surface area contributed by atoms with Gasteiger partial charge in [0.05, 0.1) is 6.04 Å². The van der Waals surface area contributed by atoms with Gasteiger partial charge in [-0.2, -0.15) is 0 Å². The topological polar surface area (TPSA) is 61.4 Å². The molecule has 1 saturated heterocycles. The predicted molar refractivity (Wildman–Crippen MR) is 79.1 cm³/mol. The minimum Gasteiger partial charge on any atom is -0.507 e. The lowest BCUT2D eigenvalue weighted by Crippen LogP contribution is -2.43. The molecule has 0 aromatic heterocycles. The van der Waals surface area contributed by atoms with Crippen LogP contribution in [0.4, 0.5) is 5.69 Å². The number of carbonyl (C=O) groups is 1. The van der Waals surface area contributed by atoms with Crippen LogP contribution in [0.5, 0.6) is 5.75 Å². The van der Waals surface area contributed by atoms with Crippen LogP contribution >= 0.6 is 12.4 Å². The van der Waals surface area contributed by atoms with E-state index in [0.29, 0.717) is 5.69 Å². The van der Waals surface area contributed by atoms with Gasteiger partial charge in [0.15, 0.2) is 0 Å². The maximum atomic E-state index is 12.1. The summed E-state index contributed by atoms with van der Waals surface area (Å²) in [6.07, 6.45) is 3.10. The van der Waals surface area contributed by atoms with E-state index in [-0.39, 0.29) is 30.1 Å². The van der Waals surface area contributed by atoms with Gasteiger partial charge in [0.2, 0.25) is 5.91 Å². The second-order valence-electron chi connectivity index (χ2n) is 4.90. The number of aromatic hydroxyl groups is 1. The highest BCUT2D eigenvalue weighted by Gasteiger charge is 2.21. The van der Waals surface area contributed by atoms with Crippen LogP contribution in [-0.2, 0) is 4.79 Å². The van der Waals surface area contributed by atoms with Gasteiger partial charge < -0.3 is 15.7 Å². The van der Waals surface area contributed by atoms with E-state index in [0.717, 1.165) is 36.9 Å². The molecule has 2 rings (SSSR count). The average molecular weight is 285 g/mol. The number of benzene rings is 1. The van der Waals surface area contributed by atoms with Crippen LogP contribution in [0.2, 0.25) is 0 Å². The molecule has 1 atom stereocenters. The molecular weight excluding hydrogens is 264 g/mol. The summed E-state index contributed by atoms with van der Waals surface area (Å²) in [5.74, 6) is 0.241. The fourth-order valence-corrected chi connectivity index (χ4v) is 2.27. The number of phenols is 1. The highest BCUT2D eigenvalue weighted by atomic mass is 35.5. The largest absolute Gasteiger partial charge is 0.507 e. The van der Waals surface area contributed by atoms with Gasteiger partial charge in [-0.05, 0) is 44.9 Å². The number of hydrogen-bond acceptors (Lipinski definition) is 3. The van der Waals surface area contributed by atoms with Crippen LogP contribution in [0.1, 0.15) is 30.4 Å². The zero-order valence-corrected chi connectivity index (χ0v) is 12.1. The second kappa shape index (κ2) is 6.78. The van der Waals surface area contributed by atoms with Gasteiger partial charge in [-0.3, -0.25) is 4.79 Å². The number of hydrogen-bond donors (Lipinski definition) is 3. The zero-order chi connectivity index (χ0) is 13.1. The molecule has 19 heavy (non-hydrogen) atoms. The molecule has 0 spiro atoms. The molecule has 106 valence electrons. The van der Waals surface area contributed by atoms with E-state index in [2.05, 4.69) is 10.6 Å². The summed E-state index contributed by atoms with van der Waals surface area (Å²) in [6, 6.07) is 3.54. The van der Waals surface area contributed by atoms with E-state index in [9.17, 15) is 9.90 Å². The monoisotopic (exact) mass is 284 g/mol. The van der Waals surface area contributed by atoms with Crippen LogP contribution in [0, 0.1) is 13.8 Å². The molecule has 1 amide bonds. The maximum absolute atomic E-state index is 12.1. The standard InChI is InChI=1S/C14H20N2O2.ClH/c1-9-6-7-11(10(2)13(9)17)16-14(18)12-5-3-4-8-15-12;/h6-7,12,15,17H,3-5,8H2,1-2H3,(H,16,18);1H/t12-;/m0./s1. The summed E-state index contributed by atoms with van der Waals surface area (Å²) in [5, 5.41) is 15.9. The van der Waals surface area contributed by atoms with Crippen LogP contribution in [0.25, 0.3) is 0 Å². The number of phenolic OH excluding ortho intramolecular Hbond substituents is 1. The highest BCUT2D eigenvalue weighted by molar-refractivity contribution is 5.95. The Morgan fingerprint density at radius 2 is 2.11 bits per heavy atom. The van der Waals surface area contributed by atoms with E-state index in [4.69, 9.17) is 0 Å². The first-order valence-corrected chi connectivity index (χ1v) is 6.43. The Hall–Kier alpha value is -1.26. The van der Waals surface area contributed by atoms with Gasteiger partial charge in [0, 0.05) is 11.3 Å². The average Bonchev–Trinajstić information content (AvgIpc) is 2.40. The van der Waals surface area contributed by atoms with E-state index < -0.39 is 0 Å². The first kappa shape index (κ1) is 15.8. The van der Waals surface area contributed by atoms with Crippen molar-refractivity contribution in [2.75, 3.05) is 11.9 Å². The Morgan fingerprint density at radius 3 is 2.74 bits per heavy atom. The van der Waals surface area contributed by atoms with Gasteiger partial charge in [0.25, 0.3) is 0 Å². The van der Waals surface area contributed by atoms with Crippen molar-refractivity contribution in [3.05, 3.63) is 23.3 Å². The Labute approximate surface area is 120 Å². The molecule has 0 bridgehead atoms. The molecule has 1 aliphatic rings. The first-order chi connectivity index (χ1) is 8.59. The minimum atomic E-state index is -0.110. The van der Waals surface area contributed by atoms with E-state index in [1.165, 1.54) is 0 Å². The third-order valence-corrected chi connectivity index (χ3v) is 3.52. The van der Waals surface area contributed by atoms with Crippen molar-refractivity contribution in [3.63, 3.8) is 0 Å². The normalized spacial score (nSPS) is 18.5. The Morgan fingerprint density at radius 1 is 1.37 bits per heavy atom.